The van der Waals surface area contributed by atoms with Gasteiger partial charge in [-0.1, -0.05) is 18.9 Å². The Hall–Kier alpha value is -1.29. The van der Waals surface area contributed by atoms with E-state index in [-0.39, 0.29) is 0 Å². The van der Waals surface area contributed by atoms with Crippen molar-refractivity contribution in [2.75, 3.05) is 37.7 Å². The van der Waals surface area contributed by atoms with Gasteiger partial charge in [-0.2, -0.15) is 4.98 Å². The number of ether oxygens (including phenoxy) is 1. The molecule has 126 valence electrons. The zero-order chi connectivity index (χ0) is 15.5. The van der Waals surface area contributed by atoms with Gasteiger partial charge in [-0.3, -0.25) is 4.90 Å². The molecule has 0 atom stereocenters. The predicted octanol–water partition coefficient (Wildman–Crippen LogP) is 3.33. The first-order valence-corrected chi connectivity index (χ1v) is 9.47. The Morgan fingerprint density at radius 2 is 1.83 bits per heavy atom. The molecule has 1 aromatic heterocycles. The second-order valence-corrected chi connectivity index (χ2v) is 7.40. The van der Waals surface area contributed by atoms with E-state index >= 15 is 0 Å². The molecule has 0 aromatic carbocycles. The van der Waals surface area contributed by atoms with Crippen molar-refractivity contribution in [1.29, 1.82) is 0 Å². The molecule has 2 saturated carbocycles. The number of aromatic nitrogens is 1. The molecule has 1 saturated heterocycles. The number of hydrogen-bond donors (Lipinski definition) is 0. The van der Waals surface area contributed by atoms with Crippen LogP contribution in [0.3, 0.4) is 0 Å². The minimum absolute atomic E-state index is 0.759. The van der Waals surface area contributed by atoms with Gasteiger partial charge in [0, 0.05) is 38.3 Å². The Bertz CT molecular complexity index is 513. The Balaban J connectivity index is 1.34. The van der Waals surface area contributed by atoms with E-state index in [4.69, 9.17) is 9.72 Å². The van der Waals surface area contributed by atoms with E-state index in [1.807, 2.05) is 6.07 Å². The lowest BCUT2D eigenvalue weighted by atomic mass is 9.86. The Labute approximate surface area is 139 Å². The van der Waals surface area contributed by atoms with Crippen LogP contribution in [0, 0.1) is 5.92 Å². The quantitative estimate of drug-likeness (QED) is 0.833. The zero-order valence-corrected chi connectivity index (χ0v) is 14.1. The fourth-order valence-corrected chi connectivity index (χ4v) is 3.81. The number of nitrogens with zero attached hydrogens (tertiary/aromatic N) is 3. The summed E-state index contributed by atoms with van der Waals surface area (Å²) in [5, 5.41) is 0. The molecule has 0 bridgehead atoms. The third-order valence-corrected chi connectivity index (χ3v) is 5.85. The van der Waals surface area contributed by atoms with Crippen molar-refractivity contribution in [2.45, 2.75) is 51.0 Å². The second-order valence-electron chi connectivity index (χ2n) is 7.40. The van der Waals surface area contributed by atoms with Crippen LogP contribution in [0.4, 0.5) is 5.82 Å². The summed E-state index contributed by atoms with van der Waals surface area (Å²) in [6.07, 6.45) is 9.49. The molecule has 4 nitrogen and oxygen atoms in total. The lowest BCUT2D eigenvalue weighted by Gasteiger charge is -2.36. The average molecular weight is 315 g/mol. The van der Waals surface area contributed by atoms with Gasteiger partial charge in [0.25, 0.3) is 0 Å². The van der Waals surface area contributed by atoms with Crippen LogP contribution in [0.5, 0.6) is 5.88 Å². The van der Waals surface area contributed by atoms with E-state index in [0.717, 1.165) is 43.4 Å². The van der Waals surface area contributed by atoms with Gasteiger partial charge in [-0.05, 0) is 44.1 Å². The summed E-state index contributed by atoms with van der Waals surface area (Å²) in [5.74, 6) is 2.65. The van der Waals surface area contributed by atoms with Crippen LogP contribution >= 0.6 is 0 Å². The molecular formula is C19H29N3O. The molecule has 3 aliphatic rings. The van der Waals surface area contributed by atoms with Crippen LogP contribution in [0.2, 0.25) is 0 Å². The van der Waals surface area contributed by atoms with E-state index in [1.54, 1.807) is 0 Å². The summed E-state index contributed by atoms with van der Waals surface area (Å²) in [7, 11) is 0. The highest BCUT2D eigenvalue weighted by atomic mass is 16.5. The molecule has 0 radical (unpaired) electrons. The molecule has 23 heavy (non-hydrogen) atoms. The van der Waals surface area contributed by atoms with Gasteiger partial charge < -0.3 is 9.64 Å². The zero-order valence-electron chi connectivity index (χ0n) is 14.1. The highest BCUT2D eigenvalue weighted by molar-refractivity contribution is 5.40. The minimum Gasteiger partial charge on any atom is -0.477 e. The van der Waals surface area contributed by atoms with Gasteiger partial charge in [-0.15, -0.1) is 0 Å². The Morgan fingerprint density at radius 3 is 2.57 bits per heavy atom. The molecule has 2 heterocycles. The number of pyridine rings is 1. The van der Waals surface area contributed by atoms with Crippen molar-refractivity contribution in [3.63, 3.8) is 0 Å². The summed E-state index contributed by atoms with van der Waals surface area (Å²) in [6, 6.07) is 7.09. The molecule has 2 aliphatic carbocycles. The van der Waals surface area contributed by atoms with E-state index in [0.29, 0.717) is 0 Å². The maximum Gasteiger partial charge on any atom is 0.215 e. The Morgan fingerprint density at radius 1 is 0.957 bits per heavy atom. The first-order chi connectivity index (χ1) is 11.4. The third kappa shape index (κ3) is 3.63. The second kappa shape index (κ2) is 7.08. The molecule has 0 unspecified atom stereocenters. The third-order valence-electron chi connectivity index (χ3n) is 5.85. The van der Waals surface area contributed by atoms with Crippen molar-refractivity contribution in [2.24, 2.45) is 5.92 Å². The number of hydrogen-bond acceptors (Lipinski definition) is 4. The van der Waals surface area contributed by atoms with Crippen molar-refractivity contribution < 1.29 is 4.74 Å². The molecule has 4 heteroatoms. The molecule has 0 spiro atoms. The molecule has 1 aromatic rings. The van der Waals surface area contributed by atoms with Crippen LogP contribution in [-0.2, 0) is 0 Å². The predicted molar refractivity (Wildman–Crippen MR) is 93.1 cm³/mol. The molecule has 0 N–H and O–H groups in total. The largest absolute Gasteiger partial charge is 0.477 e. The van der Waals surface area contributed by atoms with E-state index < -0.39 is 0 Å². The van der Waals surface area contributed by atoms with Crippen LogP contribution in [0.15, 0.2) is 18.2 Å². The molecular weight excluding hydrogens is 286 g/mol. The van der Waals surface area contributed by atoms with Gasteiger partial charge >= 0.3 is 0 Å². The molecule has 1 aliphatic heterocycles. The van der Waals surface area contributed by atoms with Gasteiger partial charge in [-0.25, -0.2) is 0 Å². The van der Waals surface area contributed by atoms with Crippen LogP contribution in [0.1, 0.15) is 44.9 Å². The normalized spacial score (nSPS) is 23.9. The van der Waals surface area contributed by atoms with Crippen molar-refractivity contribution >= 4 is 5.82 Å². The summed E-state index contributed by atoms with van der Waals surface area (Å²) in [4.78, 5) is 9.89. The molecule has 4 rings (SSSR count). The fourth-order valence-electron chi connectivity index (χ4n) is 3.81. The fraction of sp³-hybridized carbons (Fsp3) is 0.737. The maximum atomic E-state index is 5.91. The summed E-state index contributed by atoms with van der Waals surface area (Å²) >= 11 is 0. The first kappa shape index (κ1) is 15.3. The summed E-state index contributed by atoms with van der Waals surface area (Å²) in [6.45, 7) is 5.47. The molecule has 3 fully saturated rings. The average Bonchev–Trinajstić information content (AvgIpc) is 2.70. The first-order valence-electron chi connectivity index (χ1n) is 9.47. The van der Waals surface area contributed by atoms with Gasteiger partial charge in [0.15, 0.2) is 0 Å². The SMILES string of the molecule is c1cc(OCC2CCC2)nc(N2CCCN(C3CCC3)CC2)c1. The maximum absolute atomic E-state index is 5.91. The topological polar surface area (TPSA) is 28.6 Å². The van der Waals surface area contributed by atoms with Crippen molar-refractivity contribution in [3.05, 3.63) is 18.2 Å². The van der Waals surface area contributed by atoms with Crippen molar-refractivity contribution in [3.8, 4) is 5.88 Å². The van der Waals surface area contributed by atoms with Gasteiger partial charge in [0.1, 0.15) is 5.82 Å². The van der Waals surface area contributed by atoms with Crippen LogP contribution in [-0.4, -0.2) is 48.7 Å². The van der Waals surface area contributed by atoms with Crippen LogP contribution in [0.25, 0.3) is 0 Å². The van der Waals surface area contributed by atoms with E-state index in [1.165, 1.54) is 58.0 Å². The van der Waals surface area contributed by atoms with Gasteiger partial charge in [0.05, 0.1) is 6.61 Å². The number of rotatable bonds is 5. The number of anilines is 1. The smallest absolute Gasteiger partial charge is 0.215 e. The lowest BCUT2D eigenvalue weighted by Crippen LogP contribution is -2.42. The monoisotopic (exact) mass is 315 g/mol. The summed E-state index contributed by atoms with van der Waals surface area (Å²) in [5.41, 5.74) is 0. The summed E-state index contributed by atoms with van der Waals surface area (Å²) < 4.78 is 5.91. The molecule has 0 amide bonds. The highest BCUT2D eigenvalue weighted by Gasteiger charge is 2.27. The Kier molecular flexibility index (Phi) is 4.69. The minimum atomic E-state index is 0.759. The standard InChI is InChI=1S/C19H29N3O/c1-5-16(6-1)15-23-19-10-3-9-18(20-19)22-12-4-11-21(13-14-22)17-7-2-8-17/h3,9-10,16-17H,1-2,4-8,11-15H2. The van der Waals surface area contributed by atoms with Gasteiger partial charge in [0.2, 0.25) is 5.88 Å². The van der Waals surface area contributed by atoms with E-state index in [9.17, 15) is 0 Å². The van der Waals surface area contributed by atoms with E-state index in [2.05, 4.69) is 21.9 Å². The lowest BCUT2D eigenvalue weighted by molar-refractivity contribution is 0.136. The highest BCUT2D eigenvalue weighted by Crippen LogP contribution is 2.28. The van der Waals surface area contributed by atoms with Crippen molar-refractivity contribution in [1.82, 2.24) is 9.88 Å². The van der Waals surface area contributed by atoms with Crippen LogP contribution < -0.4 is 9.64 Å².